The molecule has 0 atom stereocenters. The minimum atomic E-state index is -5.00. The molecule has 0 saturated carbocycles. The van der Waals surface area contributed by atoms with Gasteiger partial charge in [0.2, 0.25) is 5.91 Å². The minimum absolute atomic E-state index is 0.0626. The van der Waals surface area contributed by atoms with Gasteiger partial charge in [0.05, 0.1) is 5.69 Å². The number of amides is 1. The molecule has 0 bridgehead atoms. The molecule has 0 spiro atoms. The minimum Gasteiger partial charge on any atom is -0.403 e. The summed E-state index contributed by atoms with van der Waals surface area (Å²) in [6.45, 7) is 2.19. The molecule has 1 aliphatic rings. The molecule has 0 aliphatic carbocycles. The maximum Gasteiger partial charge on any atom is 0.573 e. The van der Waals surface area contributed by atoms with E-state index in [1.165, 1.54) is 13.0 Å². The second kappa shape index (κ2) is 8.82. The Kier molecular flexibility index (Phi) is 6.40. The first kappa shape index (κ1) is 21.8. The van der Waals surface area contributed by atoms with Gasteiger partial charge in [0.15, 0.2) is 17.4 Å². The summed E-state index contributed by atoms with van der Waals surface area (Å²) >= 11 is 0. The van der Waals surface area contributed by atoms with Gasteiger partial charge in [-0.05, 0) is 31.0 Å². The zero-order valence-electron chi connectivity index (χ0n) is 16.0. The average Bonchev–Trinajstić information content (AvgIpc) is 2.68. The number of benzene rings is 1. The summed E-state index contributed by atoms with van der Waals surface area (Å²) in [6, 6.07) is 4.65. The summed E-state index contributed by atoms with van der Waals surface area (Å²) in [7, 11) is 0. The van der Waals surface area contributed by atoms with Gasteiger partial charge in [-0.15, -0.1) is 13.2 Å². The van der Waals surface area contributed by atoms with Gasteiger partial charge >= 0.3 is 6.36 Å². The zero-order valence-corrected chi connectivity index (χ0v) is 16.0. The third-order valence-corrected chi connectivity index (χ3v) is 4.58. The lowest BCUT2D eigenvalue weighted by atomic mass is 10.0. The van der Waals surface area contributed by atoms with Gasteiger partial charge < -0.3 is 20.1 Å². The van der Waals surface area contributed by atoms with Crippen LogP contribution in [0.25, 0.3) is 11.3 Å². The van der Waals surface area contributed by atoms with Crippen molar-refractivity contribution < 1.29 is 32.2 Å². The van der Waals surface area contributed by atoms with E-state index >= 15 is 0 Å². The number of piperidine rings is 1. The number of carbonyl (C=O) groups excluding carboxylic acids is 1. The van der Waals surface area contributed by atoms with Crippen molar-refractivity contribution in [3.8, 4) is 17.0 Å². The molecule has 162 valence electrons. The van der Waals surface area contributed by atoms with E-state index < -0.39 is 24.5 Å². The van der Waals surface area contributed by atoms with E-state index in [1.807, 2.05) is 4.90 Å². The number of aromatic nitrogens is 2. The fourth-order valence-corrected chi connectivity index (χ4v) is 3.27. The van der Waals surface area contributed by atoms with Crippen LogP contribution in [0.2, 0.25) is 0 Å². The number of nitrogens with one attached hydrogen (secondary N) is 1. The average molecular weight is 428 g/mol. The lowest BCUT2D eigenvalue weighted by molar-refractivity contribution is -0.275. The number of halogens is 4. The number of carbonyl (C=O) groups is 1. The van der Waals surface area contributed by atoms with E-state index in [-0.39, 0.29) is 29.0 Å². The van der Waals surface area contributed by atoms with Crippen LogP contribution in [0.15, 0.2) is 24.3 Å². The number of ether oxygens (including phenoxy) is 1. The Morgan fingerprint density at radius 2 is 1.97 bits per heavy atom. The summed E-state index contributed by atoms with van der Waals surface area (Å²) in [4.78, 5) is 21.6. The smallest absolute Gasteiger partial charge is 0.403 e. The molecule has 7 nitrogen and oxygen atoms in total. The maximum atomic E-state index is 14.1. The molecule has 1 aromatic carbocycles. The van der Waals surface area contributed by atoms with Crippen LogP contribution in [0, 0.1) is 5.82 Å². The summed E-state index contributed by atoms with van der Waals surface area (Å²) in [5.74, 6) is -1.63. The Morgan fingerprint density at radius 3 is 2.53 bits per heavy atom. The standard InChI is InChI=1S/C19H20F4N4O3/c1-11(29)24-13-4-6-27(7-5-13)18-9-15(25-17(10-28)26-18)12-2-3-16(14(20)8-12)30-19(21,22)23/h2-3,8-9,13,28H,4-7,10H2,1H3,(H,24,29). The van der Waals surface area contributed by atoms with Gasteiger partial charge in [-0.2, -0.15) is 0 Å². The fraction of sp³-hybridized carbons (Fsp3) is 0.421. The molecule has 1 aliphatic heterocycles. The molecule has 1 fully saturated rings. The Bertz CT molecular complexity index is 915. The number of hydrogen-bond acceptors (Lipinski definition) is 6. The molecule has 0 radical (unpaired) electrons. The summed E-state index contributed by atoms with van der Waals surface area (Å²) < 4.78 is 54.7. The van der Waals surface area contributed by atoms with Crippen LogP contribution in [0.1, 0.15) is 25.6 Å². The Labute approximate surface area is 169 Å². The third kappa shape index (κ3) is 5.56. The molecular weight excluding hydrogens is 408 g/mol. The van der Waals surface area contributed by atoms with Crippen LogP contribution in [0.4, 0.5) is 23.4 Å². The lowest BCUT2D eigenvalue weighted by Gasteiger charge is -2.33. The van der Waals surface area contributed by atoms with Crippen LogP contribution in [0.3, 0.4) is 0 Å². The zero-order chi connectivity index (χ0) is 21.9. The highest BCUT2D eigenvalue weighted by Crippen LogP contribution is 2.30. The van der Waals surface area contributed by atoms with Gasteiger partial charge in [0.1, 0.15) is 12.4 Å². The molecule has 2 N–H and O–H groups in total. The largest absolute Gasteiger partial charge is 0.573 e. The Morgan fingerprint density at radius 1 is 1.27 bits per heavy atom. The van der Waals surface area contributed by atoms with Crippen molar-refractivity contribution in [3.63, 3.8) is 0 Å². The topological polar surface area (TPSA) is 87.6 Å². The van der Waals surface area contributed by atoms with Gasteiger partial charge in [0, 0.05) is 37.7 Å². The van der Waals surface area contributed by atoms with Crippen LogP contribution in [-0.2, 0) is 11.4 Å². The van der Waals surface area contributed by atoms with E-state index in [9.17, 15) is 27.5 Å². The molecule has 30 heavy (non-hydrogen) atoms. The van der Waals surface area contributed by atoms with Crippen molar-refractivity contribution in [2.24, 2.45) is 0 Å². The van der Waals surface area contributed by atoms with E-state index in [4.69, 9.17) is 0 Å². The first-order valence-corrected chi connectivity index (χ1v) is 9.21. The summed E-state index contributed by atoms with van der Waals surface area (Å²) in [5.41, 5.74) is 0.471. The predicted octanol–water partition coefficient (Wildman–Crippen LogP) is 2.78. The van der Waals surface area contributed by atoms with Crippen LogP contribution >= 0.6 is 0 Å². The van der Waals surface area contributed by atoms with E-state index in [0.29, 0.717) is 31.7 Å². The highest BCUT2D eigenvalue weighted by atomic mass is 19.4. The number of aliphatic hydroxyl groups excluding tert-OH is 1. The molecule has 1 saturated heterocycles. The van der Waals surface area contributed by atoms with Gasteiger partial charge in [-0.25, -0.2) is 14.4 Å². The van der Waals surface area contributed by atoms with Crippen molar-refractivity contribution in [3.05, 3.63) is 35.9 Å². The van der Waals surface area contributed by atoms with Crippen LogP contribution in [0.5, 0.6) is 5.75 Å². The first-order valence-electron chi connectivity index (χ1n) is 9.21. The van der Waals surface area contributed by atoms with Crippen molar-refractivity contribution in [2.45, 2.75) is 38.8 Å². The number of alkyl halides is 3. The van der Waals surface area contributed by atoms with Gasteiger partial charge in [-0.3, -0.25) is 4.79 Å². The number of aliphatic hydroxyl groups is 1. The predicted molar refractivity (Wildman–Crippen MR) is 99.1 cm³/mol. The molecule has 11 heteroatoms. The second-order valence-electron chi connectivity index (χ2n) is 6.84. The van der Waals surface area contributed by atoms with Crippen LogP contribution < -0.4 is 15.0 Å². The fourth-order valence-electron chi connectivity index (χ4n) is 3.27. The van der Waals surface area contributed by atoms with Crippen molar-refractivity contribution in [1.29, 1.82) is 0 Å². The monoisotopic (exact) mass is 428 g/mol. The molecule has 1 amide bonds. The van der Waals surface area contributed by atoms with Gasteiger partial charge in [0.25, 0.3) is 0 Å². The number of rotatable bonds is 5. The first-order chi connectivity index (χ1) is 14.1. The molecule has 3 rings (SSSR count). The lowest BCUT2D eigenvalue weighted by Crippen LogP contribution is -2.44. The molecule has 2 aromatic rings. The van der Waals surface area contributed by atoms with Gasteiger partial charge in [-0.1, -0.05) is 0 Å². The van der Waals surface area contributed by atoms with Crippen molar-refractivity contribution >= 4 is 11.7 Å². The van der Waals surface area contributed by atoms with E-state index in [2.05, 4.69) is 20.0 Å². The number of anilines is 1. The SMILES string of the molecule is CC(=O)NC1CCN(c2cc(-c3ccc(OC(F)(F)F)c(F)c3)nc(CO)n2)CC1. The summed E-state index contributed by atoms with van der Waals surface area (Å²) in [6.07, 6.45) is -3.60. The van der Waals surface area contributed by atoms with Crippen molar-refractivity contribution in [1.82, 2.24) is 15.3 Å². The highest BCUT2D eigenvalue weighted by molar-refractivity contribution is 5.73. The highest BCUT2D eigenvalue weighted by Gasteiger charge is 2.32. The quantitative estimate of drug-likeness (QED) is 0.713. The summed E-state index contributed by atoms with van der Waals surface area (Å²) in [5, 5.41) is 12.4. The molecule has 2 heterocycles. The second-order valence-corrected chi connectivity index (χ2v) is 6.84. The number of hydrogen-bond donors (Lipinski definition) is 2. The Balaban J connectivity index is 1.83. The maximum absolute atomic E-state index is 14.1. The van der Waals surface area contributed by atoms with Crippen molar-refractivity contribution in [2.75, 3.05) is 18.0 Å². The van der Waals surface area contributed by atoms with Crippen LogP contribution in [-0.4, -0.2) is 46.5 Å². The van der Waals surface area contributed by atoms with E-state index in [0.717, 1.165) is 12.1 Å². The van der Waals surface area contributed by atoms with E-state index in [1.54, 1.807) is 6.07 Å². The number of nitrogens with zero attached hydrogens (tertiary/aromatic N) is 3. The third-order valence-electron chi connectivity index (χ3n) is 4.58. The molecular formula is C19H20F4N4O3. The normalized spacial score (nSPS) is 15.2. The molecule has 1 aromatic heterocycles. The molecule has 0 unspecified atom stereocenters. The Hall–Kier alpha value is -2.95.